The molecule has 1 aliphatic heterocycles. The van der Waals surface area contributed by atoms with Gasteiger partial charge in [0.25, 0.3) is 0 Å². The summed E-state index contributed by atoms with van der Waals surface area (Å²) >= 11 is 1.47. The van der Waals surface area contributed by atoms with Gasteiger partial charge in [-0.1, -0.05) is 54.1 Å². The van der Waals surface area contributed by atoms with E-state index in [1.807, 2.05) is 56.3 Å². The van der Waals surface area contributed by atoms with E-state index in [-0.39, 0.29) is 5.91 Å². The number of amides is 1. The minimum atomic E-state index is -0.0345. The minimum absolute atomic E-state index is 0.0345. The van der Waals surface area contributed by atoms with Crippen LogP contribution in [0.15, 0.2) is 76.7 Å². The Morgan fingerprint density at radius 3 is 2.32 bits per heavy atom. The van der Waals surface area contributed by atoms with Crippen molar-refractivity contribution in [3.63, 3.8) is 0 Å². The van der Waals surface area contributed by atoms with E-state index in [1.54, 1.807) is 0 Å². The summed E-state index contributed by atoms with van der Waals surface area (Å²) in [6.07, 6.45) is 0.596. The lowest BCUT2D eigenvalue weighted by Gasteiger charge is -2.10. The van der Waals surface area contributed by atoms with Crippen molar-refractivity contribution in [1.29, 1.82) is 0 Å². The summed E-state index contributed by atoms with van der Waals surface area (Å²) in [4.78, 5) is 22.3. The molecule has 0 saturated carbocycles. The molecule has 0 unspecified atom stereocenters. The Morgan fingerprint density at radius 1 is 0.903 bits per heavy atom. The number of rotatable bonds is 4. The molecule has 3 aromatic rings. The molecular weight excluding hydrogens is 402 g/mol. The number of hydrogen-bond acceptors (Lipinski definition) is 4. The van der Waals surface area contributed by atoms with Crippen LogP contribution in [0.1, 0.15) is 28.7 Å². The molecule has 0 spiro atoms. The number of nitrogens with zero attached hydrogens (tertiary/aromatic N) is 2. The van der Waals surface area contributed by atoms with Crippen LogP contribution in [0.25, 0.3) is 0 Å². The van der Waals surface area contributed by atoms with Crippen molar-refractivity contribution in [3.05, 3.63) is 89.0 Å². The molecule has 0 saturated heterocycles. The number of nitrogens with one attached hydrogen (secondary N) is 1. The van der Waals surface area contributed by atoms with Crippen molar-refractivity contribution in [2.45, 2.75) is 27.2 Å². The predicted octanol–water partition coefficient (Wildman–Crippen LogP) is 6.54. The largest absolute Gasteiger partial charge is 0.325 e. The molecule has 1 amide bonds. The number of thioether (sulfide) groups is 1. The van der Waals surface area contributed by atoms with Gasteiger partial charge in [0, 0.05) is 12.1 Å². The fourth-order valence-corrected chi connectivity index (χ4v) is 4.13. The standard InChI is InChI=1S/C26H25N3OS/c1-17-9-12-20(13-10-17)24-15-26(29-22-7-5-4-6-21(22)27-24)31-16-25(30)28-23-14-18(2)8-11-19(23)3/h4-14H,15-16H2,1-3H3,(H,28,30). The van der Waals surface area contributed by atoms with Crippen LogP contribution in [0.4, 0.5) is 17.1 Å². The van der Waals surface area contributed by atoms with Crippen molar-refractivity contribution in [2.75, 3.05) is 11.1 Å². The Morgan fingerprint density at radius 2 is 1.58 bits per heavy atom. The predicted molar refractivity (Wildman–Crippen MR) is 133 cm³/mol. The van der Waals surface area contributed by atoms with Crippen molar-refractivity contribution >= 4 is 45.5 Å². The molecule has 3 aromatic carbocycles. The maximum absolute atomic E-state index is 12.6. The van der Waals surface area contributed by atoms with Gasteiger partial charge in [0.1, 0.15) is 0 Å². The zero-order valence-electron chi connectivity index (χ0n) is 18.0. The lowest BCUT2D eigenvalue weighted by atomic mass is 10.1. The smallest absolute Gasteiger partial charge is 0.234 e. The van der Waals surface area contributed by atoms with E-state index in [9.17, 15) is 4.79 Å². The molecule has 0 fully saturated rings. The highest BCUT2D eigenvalue weighted by Gasteiger charge is 2.17. The quantitative estimate of drug-likeness (QED) is 0.514. The van der Waals surface area contributed by atoms with Gasteiger partial charge in [0.05, 0.1) is 27.9 Å². The highest BCUT2D eigenvalue weighted by Crippen LogP contribution is 2.33. The van der Waals surface area contributed by atoms with Crippen LogP contribution in [0, 0.1) is 20.8 Å². The van der Waals surface area contributed by atoms with Crippen LogP contribution in [-0.4, -0.2) is 22.4 Å². The molecule has 31 heavy (non-hydrogen) atoms. The first-order chi connectivity index (χ1) is 15.0. The van der Waals surface area contributed by atoms with Crippen LogP contribution in [0.2, 0.25) is 0 Å². The van der Waals surface area contributed by atoms with Crippen molar-refractivity contribution in [1.82, 2.24) is 0 Å². The summed E-state index contributed by atoms with van der Waals surface area (Å²) in [5, 5.41) is 3.92. The van der Waals surface area contributed by atoms with Gasteiger partial charge in [0.15, 0.2) is 0 Å². The fraction of sp³-hybridized carbons (Fsp3) is 0.192. The molecule has 0 aliphatic carbocycles. The van der Waals surface area contributed by atoms with E-state index in [0.717, 1.165) is 44.5 Å². The molecular formula is C26H25N3OS. The summed E-state index contributed by atoms with van der Waals surface area (Å²) in [7, 11) is 0. The number of para-hydroxylation sites is 2. The summed E-state index contributed by atoms with van der Waals surface area (Å²) in [5.41, 5.74) is 7.98. The third-order valence-electron chi connectivity index (χ3n) is 5.12. The second kappa shape index (κ2) is 9.31. The number of hydrogen-bond donors (Lipinski definition) is 1. The normalized spacial score (nSPS) is 13.0. The van der Waals surface area contributed by atoms with Gasteiger partial charge in [-0.15, -0.1) is 11.8 Å². The second-order valence-corrected chi connectivity index (χ2v) is 8.80. The molecule has 4 nitrogen and oxygen atoms in total. The van der Waals surface area contributed by atoms with E-state index >= 15 is 0 Å². The first-order valence-corrected chi connectivity index (χ1v) is 11.3. The van der Waals surface area contributed by atoms with Gasteiger partial charge in [-0.25, -0.2) is 4.99 Å². The zero-order valence-corrected chi connectivity index (χ0v) is 18.8. The molecule has 0 aromatic heterocycles. The Bertz CT molecular complexity index is 1180. The molecule has 0 atom stereocenters. The second-order valence-electron chi connectivity index (χ2n) is 7.75. The molecule has 1 aliphatic rings. The first-order valence-electron chi connectivity index (χ1n) is 10.3. The Hall–Kier alpha value is -3.18. The maximum Gasteiger partial charge on any atom is 0.234 e. The van der Waals surface area contributed by atoms with E-state index in [4.69, 9.17) is 9.98 Å². The third-order valence-corrected chi connectivity index (χ3v) is 6.10. The SMILES string of the molecule is Cc1ccc(C2=Nc3ccccc3N=C(SCC(=O)Nc3cc(C)ccc3C)C2)cc1. The molecule has 1 heterocycles. The Kier molecular flexibility index (Phi) is 6.33. The number of fused-ring (bicyclic) bond motifs is 1. The van der Waals surface area contributed by atoms with Gasteiger partial charge in [-0.2, -0.15) is 0 Å². The van der Waals surface area contributed by atoms with E-state index < -0.39 is 0 Å². The lowest BCUT2D eigenvalue weighted by Crippen LogP contribution is -2.17. The number of aliphatic imine (C=N–C) groups is 2. The van der Waals surface area contributed by atoms with Gasteiger partial charge in [0.2, 0.25) is 5.91 Å². The van der Waals surface area contributed by atoms with Crippen LogP contribution >= 0.6 is 11.8 Å². The van der Waals surface area contributed by atoms with Crippen molar-refractivity contribution in [3.8, 4) is 0 Å². The van der Waals surface area contributed by atoms with Gasteiger partial charge < -0.3 is 5.32 Å². The Labute approximate surface area is 187 Å². The molecule has 0 bridgehead atoms. The number of anilines is 1. The average Bonchev–Trinajstić information content (AvgIpc) is 2.94. The van der Waals surface area contributed by atoms with Crippen LogP contribution in [0.5, 0.6) is 0 Å². The monoisotopic (exact) mass is 427 g/mol. The minimum Gasteiger partial charge on any atom is -0.325 e. The average molecular weight is 428 g/mol. The number of aryl methyl sites for hydroxylation is 3. The van der Waals surface area contributed by atoms with Gasteiger partial charge >= 0.3 is 0 Å². The number of carbonyl (C=O) groups excluding carboxylic acids is 1. The number of carbonyl (C=O) groups is 1. The van der Waals surface area contributed by atoms with E-state index in [0.29, 0.717) is 12.2 Å². The molecule has 0 radical (unpaired) electrons. The van der Waals surface area contributed by atoms with E-state index in [1.165, 1.54) is 17.3 Å². The Balaban J connectivity index is 1.53. The molecule has 4 rings (SSSR count). The fourth-order valence-electron chi connectivity index (χ4n) is 3.36. The summed E-state index contributed by atoms with van der Waals surface area (Å²) < 4.78 is 0. The van der Waals surface area contributed by atoms with Crippen molar-refractivity contribution < 1.29 is 4.79 Å². The first kappa shape index (κ1) is 21.1. The van der Waals surface area contributed by atoms with Gasteiger partial charge in [-0.05, 0) is 55.7 Å². The third kappa shape index (κ3) is 5.30. The molecule has 5 heteroatoms. The van der Waals surface area contributed by atoms with Crippen LogP contribution in [-0.2, 0) is 4.79 Å². The zero-order chi connectivity index (χ0) is 21.8. The highest BCUT2D eigenvalue weighted by atomic mass is 32.2. The van der Waals surface area contributed by atoms with Crippen molar-refractivity contribution in [2.24, 2.45) is 9.98 Å². The summed E-state index contributed by atoms with van der Waals surface area (Å²) in [6, 6.07) is 22.3. The summed E-state index contributed by atoms with van der Waals surface area (Å²) in [5.74, 6) is 0.267. The maximum atomic E-state index is 12.6. The lowest BCUT2D eigenvalue weighted by molar-refractivity contribution is -0.113. The topological polar surface area (TPSA) is 53.8 Å². The molecule has 1 N–H and O–H groups in total. The summed E-state index contributed by atoms with van der Waals surface area (Å²) in [6.45, 7) is 6.09. The molecule has 156 valence electrons. The highest BCUT2D eigenvalue weighted by molar-refractivity contribution is 8.14. The van der Waals surface area contributed by atoms with Crippen LogP contribution in [0.3, 0.4) is 0 Å². The van der Waals surface area contributed by atoms with Gasteiger partial charge in [-0.3, -0.25) is 9.79 Å². The van der Waals surface area contributed by atoms with E-state index in [2.05, 4.69) is 36.5 Å². The van der Waals surface area contributed by atoms with Crippen LogP contribution < -0.4 is 5.32 Å². The number of benzene rings is 3.